The second-order valence-electron chi connectivity index (χ2n) is 4.63. The van der Waals surface area contributed by atoms with Crippen molar-refractivity contribution in [1.82, 2.24) is 29.7 Å². The highest BCUT2D eigenvalue weighted by Gasteiger charge is 2.12. The fraction of sp³-hybridized carbons (Fsp3) is 0.364. The summed E-state index contributed by atoms with van der Waals surface area (Å²) < 4.78 is 2.46. The number of carbonyl (C=O) groups is 2. The van der Waals surface area contributed by atoms with Crippen LogP contribution in [0.2, 0.25) is 0 Å². The Bertz CT molecular complexity index is 652. The van der Waals surface area contributed by atoms with Gasteiger partial charge >= 0.3 is 6.03 Å². The molecule has 2 heterocycles. The maximum atomic E-state index is 12.0. The summed E-state index contributed by atoms with van der Waals surface area (Å²) in [4.78, 5) is 24.8. The van der Waals surface area contributed by atoms with Gasteiger partial charge in [-0.25, -0.2) is 14.2 Å². The minimum atomic E-state index is -0.330. The van der Waals surface area contributed by atoms with Crippen molar-refractivity contribution >= 4 is 23.4 Å². The third kappa shape index (κ3) is 3.35. The van der Waals surface area contributed by atoms with Gasteiger partial charge in [-0.3, -0.25) is 10.1 Å². The lowest BCUT2D eigenvalue weighted by atomic mass is 10.4. The Morgan fingerprint density at radius 1 is 1.38 bits per heavy atom. The third-order valence-electron chi connectivity index (χ3n) is 2.67. The molecule has 0 fully saturated rings. The molecule has 2 amide bonds. The number of carbonyl (C=O) groups excluding carboxylic acids is 2. The monoisotopic (exact) mass is 292 g/mol. The maximum absolute atomic E-state index is 12.0. The molecule has 0 unspecified atom stereocenters. The standard InChI is InChI=1S/C11H16N8O2/c1-7-8(12)4-19(15-7)10(20)6-18-5-9(14-16-18)13-11(21)17(2)3/h4-5H,6,12H2,1-3H3,(H,13,21). The highest BCUT2D eigenvalue weighted by Crippen LogP contribution is 2.07. The summed E-state index contributed by atoms with van der Waals surface area (Å²) in [6, 6.07) is -0.330. The lowest BCUT2D eigenvalue weighted by Crippen LogP contribution is -2.27. The van der Waals surface area contributed by atoms with E-state index in [1.807, 2.05) is 0 Å². The molecule has 0 spiro atoms. The number of anilines is 2. The lowest BCUT2D eigenvalue weighted by molar-refractivity contribution is 0.0869. The summed E-state index contributed by atoms with van der Waals surface area (Å²) in [6.07, 6.45) is 2.91. The molecule has 2 aromatic rings. The van der Waals surface area contributed by atoms with Crippen LogP contribution in [-0.2, 0) is 6.54 Å². The van der Waals surface area contributed by atoms with Gasteiger partial charge in [0, 0.05) is 14.1 Å². The molecule has 0 aromatic carbocycles. The molecule has 0 aliphatic rings. The molecular formula is C11H16N8O2. The molecule has 0 atom stereocenters. The Morgan fingerprint density at radius 2 is 2.10 bits per heavy atom. The van der Waals surface area contributed by atoms with Crippen molar-refractivity contribution in [2.24, 2.45) is 0 Å². The number of rotatable bonds is 3. The Labute approximate surface area is 120 Å². The molecule has 0 radical (unpaired) electrons. The molecule has 10 heteroatoms. The van der Waals surface area contributed by atoms with E-state index in [9.17, 15) is 9.59 Å². The van der Waals surface area contributed by atoms with E-state index in [0.717, 1.165) is 4.68 Å². The van der Waals surface area contributed by atoms with E-state index in [-0.39, 0.29) is 24.3 Å². The Balaban J connectivity index is 2.02. The molecule has 0 saturated heterocycles. The summed E-state index contributed by atoms with van der Waals surface area (Å²) in [5, 5.41) is 14.0. The van der Waals surface area contributed by atoms with Gasteiger partial charge in [0.05, 0.1) is 23.8 Å². The minimum Gasteiger partial charge on any atom is -0.396 e. The predicted octanol–water partition coefficient (Wildman–Crippen LogP) is -0.201. The first-order valence-corrected chi connectivity index (χ1v) is 6.10. The summed E-state index contributed by atoms with van der Waals surface area (Å²) >= 11 is 0. The number of amides is 2. The van der Waals surface area contributed by atoms with E-state index in [2.05, 4.69) is 20.7 Å². The molecule has 2 aromatic heterocycles. The molecule has 10 nitrogen and oxygen atoms in total. The smallest absolute Gasteiger partial charge is 0.322 e. The maximum Gasteiger partial charge on any atom is 0.322 e. The van der Waals surface area contributed by atoms with Gasteiger partial charge in [-0.1, -0.05) is 5.21 Å². The van der Waals surface area contributed by atoms with Crippen LogP contribution in [0.25, 0.3) is 0 Å². The number of aryl methyl sites for hydroxylation is 1. The van der Waals surface area contributed by atoms with Crippen molar-refractivity contribution in [1.29, 1.82) is 0 Å². The normalized spacial score (nSPS) is 10.4. The molecule has 0 bridgehead atoms. The number of urea groups is 1. The second kappa shape index (κ2) is 5.61. The Hall–Kier alpha value is -2.91. The first kappa shape index (κ1) is 14.5. The number of aromatic nitrogens is 5. The van der Waals surface area contributed by atoms with Crippen molar-refractivity contribution in [3.05, 3.63) is 18.1 Å². The van der Waals surface area contributed by atoms with E-state index in [1.54, 1.807) is 21.0 Å². The summed E-state index contributed by atoms with van der Waals surface area (Å²) in [5.41, 5.74) is 6.67. The molecule has 2 rings (SSSR count). The first-order valence-electron chi connectivity index (χ1n) is 6.10. The number of hydrogen-bond acceptors (Lipinski definition) is 6. The van der Waals surface area contributed by atoms with Crippen LogP contribution in [-0.4, -0.2) is 55.7 Å². The van der Waals surface area contributed by atoms with E-state index in [4.69, 9.17) is 5.73 Å². The van der Waals surface area contributed by atoms with Crippen LogP contribution in [0.1, 0.15) is 10.5 Å². The van der Waals surface area contributed by atoms with Gasteiger partial charge < -0.3 is 10.6 Å². The van der Waals surface area contributed by atoms with Gasteiger partial charge in [0.25, 0.3) is 5.91 Å². The Morgan fingerprint density at radius 3 is 2.67 bits per heavy atom. The molecule has 0 aliphatic heterocycles. The number of nitrogens with zero attached hydrogens (tertiary/aromatic N) is 6. The van der Waals surface area contributed by atoms with E-state index in [1.165, 1.54) is 22.0 Å². The molecule has 3 N–H and O–H groups in total. The lowest BCUT2D eigenvalue weighted by Gasteiger charge is -2.08. The average Bonchev–Trinajstić information content (AvgIpc) is 2.97. The van der Waals surface area contributed by atoms with E-state index < -0.39 is 0 Å². The van der Waals surface area contributed by atoms with Gasteiger partial charge in [0.1, 0.15) is 6.54 Å². The predicted molar refractivity (Wildman–Crippen MR) is 74.7 cm³/mol. The third-order valence-corrected chi connectivity index (χ3v) is 2.67. The SMILES string of the molecule is Cc1nn(C(=O)Cn2cc(NC(=O)N(C)C)nn2)cc1N. The van der Waals surface area contributed by atoms with Crippen molar-refractivity contribution in [3.8, 4) is 0 Å². The molecule has 21 heavy (non-hydrogen) atoms. The van der Waals surface area contributed by atoms with Gasteiger partial charge in [-0.2, -0.15) is 5.10 Å². The van der Waals surface area contributed by atoms with Crippen LogP contribution in [0.4, 0.5) is 16.3 Å². The number of nitrogens with two attached hydrogens (primary N) is 1. The molecule has 0 aliphatic carbocycles. The fourth-order valence-corrected chi connectivity index (χ4v) is 1.47. The van der Waals surface area contributed by atoms with Crippen LogP contribution < -0.4 is 11.1 Å². The van der Waals surface area contributed by atoms with Crippen LogP contribution in [0.3, 0.4) is 0 Å². The Kier molecular flexibility index (Phi) is 3.87. The zero-order valence-electron chi connectivity index (χ0n) is 11.9. The van der Waals surface area contributed by atoms with Crippen LogP contribution in [0, 0.1) is 6.92 Å². The van der Waals surface area contributed by atoms with Crippen molar-refractivity contribution in [2.75, 3.05) is 25.1 Å². The minimum absolute atomic E-state index is 0.0641. The van der Waals surface area contributed by atoms with Crippen LogP contribution in [0.5, 0.6) is 0 Å². The molecule has 0 saturated carbocycles. The number of hydrogen-bond donors (Lipinski definition) is 2. The summed E-state index contributed by atoms with van der Waals surface area (Å²) in [7, 11) is 3.21. The zero-order valence-corrected chi connectivity index (χ0v) is 11.9. The van der Waals surface area contributed by atoms with Crippen molar-refractivity contribution in [3.63, 3.8) is 0 Å². The van der Waals surface area contributed by atoms with Crippen molar-refractivity contribution in [2.45, 2.75) is 13.5 Å². The van der Waals surface area contributed by atoms with Gasteiger partial charge in [0.2, 0.25) is 0 Å². The summed E-state index contributed by atoms with van der Waals surface area (Å²) in [5.74, 6) is -0.0529. The molecular weight excluding hydrogens is 276 g/mol. The van der Waals surface area contributed by atoms with Crippen LogP contribution >= 0.6 is 0 Å². The van der Waals surface area contributed by atoms with Gasteiger partial charge in [-0.15, -0.1) is 5.10 Å². The zero-order chi connectivity index (χ0) is 15.6. The largest absolute Gasteiger partial charge is 0.396 e. The van der Waals surface area contributed by atoms with Crippen LogP contribution in [0.15, 0.2) is 12.4 Å². The van der Waals surface area contributed by atoms with E-state index in [0.29, 0.717) is 11.4 Å². The highest BCUT2D eigenvalue weighted by atomic mass is 16.2. The van der Waals surface area contributed by atoms with E-state index >= 15 is 0 Å². The highest BCUT2D eigenvalue weighted by molar-refractivity contribution is 5.87. The number of nitrogens with one attached hydrogen (secondary N) is 1. The van der Waals surface area contributed by atoms with Gasteiger partial charge in [-0.05, 0) is 6.92 Å². The fourth-order valence-electron chi connectivity index (χ4n) is 1.47. The van der Waals surface area contributed by atoms with Crippen molar-refractivity contribution < 1.29 is 9.59 Å². The average molecular weight is 292 g/mol. The summed E-state index contributed by atoms with van der Waals surface area (Å²) in [6.45, 7) is 1.65. The molecule has 112 valence electrons. The second-order valence-corrected chi connectivity index (χ2v) is 4.63. The first-order chi connectivity index (χ1) is 9.86. The number of nitrogen functional groups attached to an aromatic ring is 1. The quantitative estimate of drug-likeness (QED) is 0.807. The van der Waals surface area contributed by atoms with Gasteiger partial charge in [0.15, 0.2) is 5.82 Å². The topological polar surface area (TPSA) is 124 Å².